The molecule has 0 radical (unpaired) electrons. The summed E-state index contributed by atoms with van der Waals surface area (Å²) in [5, 5.41) is 5.16. The predicted octanol–water partition coefficient (Wildman–Crippen LogP) is 0.579. The van der Waals surface area contributed by atoms with Gasteiger partial charge in [-0.1, -0.05) is 0 Å². The Balaban J connectivity index is 2.32. The second-order valence-corrected chi connectivity index (χ2v) is 6.68. The van der Waals surface area contributed by atoms with E-state index in [-0.39, 0.29) is 16.8 Å². The molecule has 0 unspecified atom stereocenters. The van der Waals surface area contributed by atoms with Gasteiger partial charge in [0.05, 0.1) is 6.61 Å². The molecule has 2 rings (SSSR count). The maximum Gasteiger partial charge on any atom is 0.270 e. The van der Waals surface area contributed by atoms with Gasteiger partial charge in [0.1, 0.15) is 10.6 Å². The summed E-state index contributed by atoms with van der Waals surface area (Å²) in [5.41, 5.74) is 0.375. The highest BCUT2D eigenvalue weighted by Crippen LogP contribution is 2.37. The summed E-state index contributed by atoms with van der Waals surface area (Å²) in [6.07, 6.45) is 3.36. The van der Waals surface area contributed by atoms with Crippen LogP contribution in [0.4, 0.5) is 0 Å². The molecule has 1 heterocycles. The van der Waals surface area contributed by atoms with Crippen LogP contribution in [0.1, 0.15) is 36.3 Å². The fourth-order valence-corrected chi connectivity index (χ4v) is 2.74. The van der Waals surface area contributed by atoms with Crippen LogP contribution >= 0.6 is 0 Å². The van der Waals surface area contributed by atoms with Crippen molar-refractivity contribution >= 4 is 15.9 Å². The Hall–Kier alpha value is -1.38. The van der Waals surface area contributed by atoms with Crippen molar-refractivity contribution < 1.29 is 17.9 Å². The van der Waals surface area contributed by atoms with Crippen LogP contribution in [0.25, 0.3) is 0 Å². The summed E-state index contributed by atoms with van der Waals surface area (Å²) in [7, 11) is -2.24. The first-order valence-corrected chi connectivity index (χ1v) is 8.46. The fraction of sp³-hybridized carbons (Fsp3) is 0.615. The van der Waals surface area contributed by atoms with E-state index < -0.39 is 10.0 Å². The van der Waals surface area contributed by atoms with Crippen molar-refractivity contribution in [2.24, 2.45) is 5.14 Å². The highest BCUT2D eigenvalue weighted by Gasteiger charge is 2.31. The van der Waals surface area contributed by atoms with Gasteiger partial charge in [0.2, 0.25) is 10.0 Å². The number of methoxy groups -OCH3 is 1. The lowest BCUT2D eigenvalue weighted by atomic mass is 10.3. The van der Waals surface area contributed by atoms with E-state index in [0.29, 0.717) is 25.4 Å². The summed E-state index contributed by atoms with van der Waals surface area (Å²) >= 11 is 0. The Morgan fingerprint density at radius 3 is 2.67 bits per heavy atom. The van der Waals surface area contributed by atoms with Gasteiger partial charge in [0, 0.05) is 32.4 Å². The van der Waals surface area contributed by atoms with Crippen LogP contribution in [0.5, 0.6) is 0 Å². The van der Waals surface area contributed by atoms with E-state index in [4.69, 9.17) is 9.88 Å². The Bertz CT molecular complexity index is 619. The minimum absolute atomic E-state index is 0.0134. The topological polar surface area (TPSA) is 94.6 Å². The smallest absolute Gasteiger partial charge is 0.270 e. The normalized spacial score (nSPS) is 15.2. The van der Waals surface area contributed by atoms with E-state index in [2.05, 4.69) is 0 Å². The second-order valence-electron chi connectivity index (χ2n) is 5.12. The van der Waals surface area contributed by atoms with Crippen molar-refractivity contribution in [1.29, 1.82) is 0 Å². The van der Waals surface area contributed by atoms with Gasteiger partial charge in [0.15, 0.2) is 0 Å². The van der Waals surface area contributed by atoms with Crippen LogP contribution in [0.2, 0.25) is 0 Å². The molecule has 21 heavy (non-hydrogen) atoms. The number of rotatable bonds is 7. The van der Waals surface area contributed by atoms with E-state index in [0.717, 1.165) is 12.8 Å². The third kappa shape index (κ3) is 3.63. The molecule has 0 bridgehead atoms. The molecule has 1 fully saturated rings. The Morgan fingerprint density at radius 1 is 1.52 bits per heavy atom. The van der Waals surface area contributed by atoms with Gasteiger partial charge >= 0.3 is 0 Å². The van der Waals surface area contributed by atoms with E-state index >= 15 is 0 Å². The highest BCUT2D eigenvalue weighted by atomic mass is 32.2. The molecule has 8 heteroatoms. The molecule has 0 saturated heterocycles. The molecule has 2 N–H and O–H groups in total. The number of nitrogens with two attached hydrogens (primary N) is 1. The number of likely N-dealkylation sites (N-methyl/N-ethyl adjacent to an activating group) is 1. The van der Waals surface area contributed by atoms with Gasteiger partial charge in [-0.15, -0.1) is 0 Å². The zero-order chi connectivity index (χ0) is 15.6. The molecule has 1 aromatic rings. The van der Waals surface area contributed by atoms with Crippen LogP contribution in [-0.2, 0) is 14.8 Å². The molecule has 0 aliphatic heterocycles. The minimum atomic E-state index is -3.81. The van der Waals surface area contributed by atoms with Gasteiger partial charge in [-0.05, 0) is 25.8 Å². The van der Waals surface area contributed by atoms with E-state index in [9.17, 15) is 13.2 Å². The number of carbonyl (C=O) groups is 1. The van der Waals surface area contributed by atoms with Crippen molar-refractivity contribution in [3.05, 3.63) is 18.0 Å². The zero-order valence-corrected chi connectivity index (χ0v) is 13.1. The van der Waals surface area contributed by atoms with Crippen molar-refractivity contribution in [2.75, 3.05) is 26.8 Å². The summed E-state index contributed by atoms with van der Waals surface area (Å²) in [6, 6.07) is 1.56. The highest BCUT2D eigenvalue weighted by molar-refractivity contribution is 7.89. The van der Waals surface area contributed by atoms with E-state index in [1.807, 2.05) is 6.92 Å². The standard InChI is InChI=1S/C13H21N3O4S/c1-3-15(6-7-20-2)13(17)12-8-11(21(14,18)19)9-16(12)10-4-5-10/h8-10H,3-7H2,1-2H3,(H2,14,18,19). The molecule has 118 valence electrons. The molecule has 1 aromatic heterocycles. The van der Waals surface area contributed by atoms with Gasteiger partial charge in [0.25, 0.3) is 5.91 Å². The molecule has 0 atom stereocenters. The number of primary sulfonamides is 1. The van der Waals surface area contributed by atoms with E-state index in [1.54, 1.807) is 16.6 Å². The number of carbonyl (C=O) groups excluding carboxylic acids is 1. The summed E-state index contributed by atoms with van der Waals surface area (Å²) in [4.78, 5) is 14.2. The molecule has 1 aliphatic rings. The molecular weight excluding hydrogens is 294 g/mol. The molecule has 0 spiro atoms. The van der Waals surface area contributed by atoms with Gasteiger partial charge in [-0.25, -0.2) is 13.6 Å². The van der Waals surface area contributed by atoms with Crippen LogP contribution in [0, 0.1) is 0 Å². The van der Waals surface area contributed by atoms with Gasteiger partial charge in [-0.2, -0.15) is 0 Å². The Morgan fingerprint density at radius 2 is 2.19 bits per heavy atom. The van der Waals surface area contributed by atoms with Crippen LogP contribution < -0.4 is 5.14 Å². The Labute approximate surface area is 124 Å². The van der Waals surface area contributed by atoms with Gasteiger partial charge in [-0.3, -0.25) is 4.79 Å². The third-order valence-electron chi connectivity index (χ3n) is 3.55. The number of ether oxygens (including phenoxy) is 1. The second kappa shape index (κ2) is 6.17. The lowest BCUT2D eigenvalue weighted by molar-refractivity contribution is 0.0695. The lowest BCUT2D eigenvalue weighted by Crippen LogP contribution is -2.34. The minimum Gasteiger partial charge on any atom is -0.383 e. The monoisotopic (exact) mass is 315 g/mol. The average molecular weight is 315 g/mol. The first-order valence-electron chi connectivity index (χ1n) is 6.91. The predicted molar refractivity (Wildman–Crippen MR) is 77.5 cm³/mol. The average Bonchev–Trinajstić information content (AvgIpc) is 3.16. The quantitative estimate of drug-likeness (QED) is 0.796. The molecule has 0 aromatic carbocycles. The van der Waals surface area contributed by atoms with Gasteiger partial charge < -0.3 is 14.2 Å². The number of hydrogen-bond donors (Lipinski definition) is 1. The third-order valence-corrected chi connectivity index (χ3v) is 4.43. The summed E-state index contributed by atoms with van der Waals surface area (Å²) in [5.74, 6) is -0.198. The van der Waals surface area contributed by atoms with E-state index in [1.165, 1.54) is 12.3 Å². The first kappa shape index (κ1) is 16.0. The maximum atomic E-state index is 12.6. The molecule has 1 aliphatic carbocycles. The van der Waals surface area contributed by atoms with Crippen LogP contribution in [0.3, 0.4) is 0 Å². The van der Waals surface area contributed by atoms with Crippen molar-refractivity contribution in [2.45, 2.75) is 30.7 Å². The SMILES string of the molecule is CCN(CCOC)C(=O)c1cc(S(N)(=O)=O)cn1C1CC1. The zero-order valence-electron chi connectivity index (χ0n) is 12.3. The molecule has 1 saturated carbocycles. The number of hydrogen-bond acceptors (Lipinski definition) is 4. The Kier molecular flexibility index (Phi) is 4.70. The number of aromatic nitrogens is 1. The molecular formula is C13H21N3O4S. The largest absolute Gasteiger partial charge is 0.383 e. The van der Waals surface area contributed by atoms with Crippen molar-refractivity contribution in [1.82, 2.24) is 9.47 Å². The molecule has 1 amide bonds. The fourth-order valence-electron chi connectivity index (χ4n) is 2.20. The van der Waals surface area contributed by atoms with Crippen LogP contribution in [0.15, 0.2) is 17.2 Å². The lowest BCUT2D eigenvalue weighted by Gasteiger charge is -2.21. The summed E-state index contributed by atoms with van der Waals surface area (Å²) < 4.78 is 29.7. The number of amides is 1. The summed E-state index contributed by atoms with van der Waals surface area (Å²) in [6.45, 7) is 3.31. The number of nitrogens with zero attached hydrogens (tertiary/aromatic N) is 2. The number of sulfonamides is 1. The van der Waals surface area contributed by atoms with Crippen molar-refractivity contribution in [3.8, 4) is 0 Å². The first-order chi connectivity index (χ1) is 9.88. The maximum absolute atomic E-state index is 12.6. The van der Waals surface area contributed by atoms with Crippen LogP contribution in [-0.4, -0.2) is 50.6 Å². The molecule has 7 nitrogen and oxygen atoms in total. The van der Waals surface area contributed by atoms with Crippen molar-refractivity contribution in [3.63, 3.8) is 0 Å².